The summed E-state index contributed by atoms with van der Waals surface area (Å²) in [6, 6.07) is 4.10. The van der Waals surface area contributed by atoms with Crippen LogP contribution in [0, 0.1) is 10.1 Å². The SMILES string of the molecule is O=[N+]([O-])c1ccc([C@@H]2CCCN2)c2c1CCCC2. The van der Waals surface area contributed by atoms with Crippen LogP contribution in [0.5, 0.6) is 0 Å². The molecule has 1 fully saturated rings. The molecule has 1 saturated heterocycles. The largest absolute Gasteiger partial charge is 0.310 e. The van der Waals surface area contributed by atoms with Crippen molar-refractivity contribution >= 4 is 5.69 Å². The lowest BCUT2D eigenvalue weighted by molar-refractivity contribution is -0.385. The van der Waals surface area contributed by atoms with Crippen LogP contribution in [0.2, 0.25) is 0 Å². The van der Waals surface area contributed by atoms with E-state index in [-0.39, 0.29) is 4.92 Å². The van der Waals surface area contributed by atoms with Gasteiger partial charge in [-0.1, -0.05) is 6.07 Å². The Hall–Kier alpha value is -1.42. The zero-order valence-corrected chi connectivity index (χ0v) is 10.4. The number of nitrogens with zero attached hydrogens (tertiary/aromatic N) is 1. The molecule has 1 aromatic rings. The van der Waals surface area contributed by atoms with Crippen LogP contribution in [0.3, 0.4) is 0 Å². The standard InChI is InChI=1S/C14H18N2O2/c17-16(18)14-8-7-11(13-6-3-9-15-13)10-4-1-2-5-12(10)14/h7-8,13,15H,1-6,9H2/t13-/m0/s1. The highest BCUT2D eigenvalue weighted by molar-refractivity contribution is 5.51. The minimum Gasteiger partial charge on any atom is -0.310 e. The first-order valence-corrected chi connectivity index (χ1v) is 6.80. The third kappa shape index (κ3) is 1.90. The van der Waals surface area contributed by atoms with Gasteiger partial charge in [-0.2, -0.15) is 0 Å². The molecule has 4 heteroatoms. The van der Waals surface area contributed by atoms with Crippen LogP contribution in [-0.4, -0.2) is 11.5 Å². The summed E-state index contributed by atoms with van der Waals surface area (Å²) in [6.07, 6.45) is 6.47. The number of rotatable bonds is 2. The van der Waals surface area contributed by atoms with Crippen LogP contribution in [0.15, 0.2) is 12.1 Å². The molecule has 1 atom stereocenters. The lowest BCUT2D eigenvalue weighted by Crippen LogP contribution is -2.18. The Bertz CT molecular complexity index is 479. The van der Waals surface area contributed by atoms with E-state index in [1.165, 1.54) is 17.5 Å². The van der Waals surface area contributed by atoms with Crippen LogP contribution in [0.25, 0.3) is 0 Å². The van der Waals surface area contributed by atoms with E-state index in [0.29, 0.717) is 11.7 Å². The van der Waals surface area contributed by atoms with Gasteiger partial charge in [0.1, 0.15) is 0 Å². The van der Waals surface area contributed by atoms with Crippen LogP contribution < -0.4 is 5.32 Å². The number of nitro groups is 1. The highest BCUT2D eigenvalue weighted by atomic mass is 16.6. The van der Waals surface area contributed by atoms with Crippen LogP contribution in [0.1, 0.15) is 48.4 Å². The number of hydrogen-bond acceptors (Lipinski definition) is 3. The molecule has 0 aromatic heterocycles. The second-order valence-electron chi connectivity index (χ2n) is 5.24. The molecule has 3 rings (SSSR count). The predicted molar refractivity (Wildman–Crippen MR) is 69.7 cm³/mol. The number of fused-ring (bicyclic) bond motifs is 1. The van der Waals surface area contributed by atoms with Crippen molar-refractivity contribution in [1.29, 1.82) is 0 Å². The van der Waals surface area contributed by atoms with Crippen molar-refractivity contribution in [2.75, 3.05) is 6.54 Å². The summed E-state index contributed by atoms with van der Waals surface area (Å²) < 4.78 is 0. The zero-order valence-electron chi connectivity index (χ0n) is 10.4. The van der Waals surface area contributed by atoms with Crippen molar-refractivity contribution in [3.05, 3.63) is 38.9 Å². The lowest BCUT2D eigenvalue weighted by Gasteiger charge is -2.22. The molecule has 1 aliphatic heterocycles. The quantitative estimate of drug-likeness (QED) is 0.644. The van der Waals surface area contributed by atoms with Crippen molar-refractivity contribution in [2.24, 2.45) is 0 Å². The van der Waals surface area contributed by atoms with E-state index in [1.54, 1.807) is 6.07 Å². The fourth-order valence-electron chi connectivity index (χ4n) is 3.32. The molecule has 0 radical (unpaired) electrons. The monoisotopic (exact) mass is 246 g/mol. The molecular formula is C14H18N2O2. The average Bonchev–Trinajstić information content (AvgIpc) is 2.91. The first-order chi connectivity index (χ1) is 8.77. The summed E-state index contributed by atoms with van der Waals surface area (Å²) >= 11 is 0. The Balaban J connectivity index is 2.08. The second kappa shape index (κ2) is 4.69. The number of hydrogen-bond donors (Lipinski definition) is 1. The smallest absolute Gasteiger partial charge is 0.272 e. The summed E-state index contributed by atoms with van der Waals surface area (Å²) in [5, 5.41) is 14.6. The normalized spacial score (nSPS) is 22.8. The molecular weight excluding hydrogens is 228 g/mol. The lowest BCUT2D eigenvalue weighted by atomic mass is 9.84. The summed E-state index contributed by atoms with van der Waals surface area (Å²) in [5.41, 5.74) is 3.89. The molecule has 0 saturated carbocycles. The molecule has 1 aromatic carbocycles. The number of nitrogens with one attached hydrogen (secondary N) is 1. The summed E-state index contributed by atoms with van der Waals surface area (Å²) in [6.45, 7) is 1.07. The number of benzene rings is 1. The molecule has 1 aliphatic carbocycles. The molecule has 1 heterocycles. The van der Waals surface area contributed by atoms with Gasteiger partial charge in [-0.15, -0.1) is 0 Å². The zero-order chi connectivity index (χ0) is 12.5. The van der Waals surface area contributed by atoms with Gasteiger partial charge < -0.3 is 5.32 Å². The van der Waals surface area contributed by atoms with E-state index in [9.17, 15) is 10.1 Å². The minimum absolute atomic E-state index is 0.226. The van der Waals surface area contributed by atoms with Crippen LogP contribution in [-0.2, 0) is 12.8 Å². The molecule has 0 bridgehead atoms. The van der Waals surface area contributed by atoms with Gasteiger partial charge in [0.05, 0.1) is 4.92 Å². The van der Waals surface area contributed by atoms with Crippen molar-refractivity contribution < 1.29 is 4.92 Å². The fraction of sp³-hybridized carbons (Fsp3) is 0.571. The van der Waals surface area contributed by atoms with E-state index in [4.69, 9.17) is 0 Å². The molecule has 1 N–H and O–H groups in total. The third-order valence-electron chi connectivity index (χ3n) is 4.18. The number of nitro benzene ring substituents is 1. The summed E-state index contributed by atoms with van der Waals surface area (Å²) in [7, 11) is 0. The van der Waals surface area contributed by atoms with Crippen LogP contribution in [0.4, 0.5) is 5.69 Å². The molecule has 2 aliphatic rings. The first kappa shape index (κ1) is 11.7. The maximum absolute atomic E-state index is 11.1. The van der Waals surface area contributed by atoms with Crippen LogP contribution >= 0.6 is 0 Å². The molecule has 0 spiro atoms. The molecule has 0 amide bonds. The maximum Gasteiger partial charge on any atom is 0.272 e. The van der Waals surface area contributed by atoms with E-state index < -0.39 is 0 Å². The highest BCUT2D eigenvalue weighted by Crippen LogP contribution is 2.36. The average molecular weight is 246 g/mol. The van der Waals surface area contributed by atoms with Gasteiger partial charge in [-0.05, 0) is 56.2 Å². The molecule has 18 heavy (non-hydrogen) atoms. The van der Waals surface area contributed by atoms with Crippen molar-refractivity contribution in [3.8, 4) is 0 Å². The van der Waals surface area contributed by atoms with Gasteiger partial charge in [-0.3, -0.25) is 10.1 Å². The van der Waals surface area contributed by atoms with Gasteiger partial charge >= 0.3 is 0 Å². The summed E-state index contributed by atoms with van der Waals surface area (Å²) in [5.74, 6) is 0. The van der Waals surface area contributed by atoms with Gasteiger partial charge in [0.15, 0.2) is 0 Å². The van der Waals surface area contributed by atoms with Gasteiger partial charge in [0, 0.05) is 17.7 Å². The van der Waals surface area contributed by atoms with E-state index in [1.807, 2.05) is 6.07 Å². The van der Waals surface area contributed by atoms with Gasteiger partial charge in [0.25, 0.3) is 5.69 Å². The maximum atomic E-state index is 11.1. The van der Waals surface area contributed by atoms with E-state index in [0.717, 1.165) is 44.2 Å². The van der Waals surface area contributed by atoms with Gasteiger partial charge in [-0.25, -0.2) is 0 Å². The Morgan fingerprint density at radius 2 is 1.94 bits per heavy atom. The highest BCUT2D eigenvalue weighted by Gasteiger charge is 2.27. The molecule has 0 unspecified atom stereocenters. The predicted octanol–water partition coefficient (Wildman–Crippen LogP) is 2.90. The van der Waals surface area contributed by atoms with E-state index in [2.05, 4.69) is 5.32 Å². The topological polar surface area (TPSA) is 55.2 Å². The molecule has 96 valence electrons. The van der Waals surface area contributed by atoms with Gasteiger partial charge in [0.2, 0.25) is 0 Å². The Morgan fingerprint density at radius 1 is 1.17 bits per heavy atom. The fourth-order valence-corrected chi connectivity index (χ4v) is 3.32. The van der Waals surface area contributed by atoms with E-state index >= 15 is 0 Å². The van der Waals surface area contributed by atoms with Crippen molar-refractivity contribution in [2.45, 2.75) is 44.6 Å². The summed E-state index contributed by atoms with van der Waals surface area (Å²) in [4.78, 5) is 10.9. The third-order valence-corrected chi connectivity index (χ3v) is 4.18. The van der Waals surface area contributed by atoms with Crippen molar-refractivity contribution in [1.82, 2.24) is 5.32 Å². The Kier molecular flexibility index (Phi) is 3.04. The Morgan fingerprint density at radius 3 is 2.61 bits per heavy atom. The first-order valence-electron chi connectivity index (χ1n) is 6.80. The second-order valence-corrected chi connectivity index (χ2v) is 5.24. The molecule has 4 nitrogen and oxygen atoms in total. The minimum atomic E-state index is -0.226. The Labute approximate surface area is 107 Å². The van der Waals surface area contributed by atoms with Crippen molar-refractivity contribution in [3.63, 3.8) is 0 Å².